The summed E-state index contributed by atoms with van der Waals surface area (Å²) in [6, 6.07) is 5.55. The number of amides is 1. The van der Waals surface area contributed by atoms with Crippen LogP contribution in [0.5, 0.6) is 11.5 Å². The van der Waals surface area contributed by atoms with Gasteiger partial charge < -0.3 is 25.8 Å². The zero-order valence-electron chi connectivity index (χ0n) is 13.3. The lowest BCUT2D eigenvalue weighted by molar-refractivity contribution is -0.123. The Bertz CT molecular complexity index is 855. The van der Waals surface area contributed by atoms with Crippen LogP contribution in [0.1, 0.15) is 5.56 Å². The van der Waals surface area contributed by atoms with Crippen molar-refractivity contribution >= 4 is 22.5 Å². The molecule has 1 aromatic carbocycles. The molecule has 0 bridgehead atoms. The molecule has 0 saturated carbocycles. The highest BCUT2D eigenvalue weighted by atomic mass is 16.5. The number of anilines is 1. The lowest BCUT2D eigenvalue weighted by Gasteiger charge is -2.41. The summed E-state index contributed by atoms with van der Waals surface area (Å²) in [6.07, 6.45) is 1.44. The summed E-state index contributed by atoms with van der Waals surface area (Å²) in [7, 11) is 3.07. The summed E-state index contributed by atoms with van der Waals surface area (Å²) < 4.78 is 10.6. The van der Waals surface area contributed by atoms with Crippen LogP contribution in [0.15, 0.2) is 18.3 Å². The maximum atomic E-state index is 11.9. The first-order chi connectivity index (χ1) is 11.5. The minimum atomic E-state index is -0.934. The second kappa shape index (κ2) is 5.86. The van der Waals surface area contributed by atoms with Gasteiger partial charge in [-0.2, -0.15) is 5.26 Å². The van der Waals surface area contributed by atoms with Gasteiger partial charge >= 0.3 is 0 Å². The Morgan fingerprint density at radius 3 is 2.67 bits per heavy atom. The van der Waals surface area contributed by atoms with Crippen molar-refractivity contribution in [1.29, 1.82) is 5.26 Å². The molecule has 1 aliphatic rings. The number of nitrogens with one attached hydrogen (secondary N) is 2. The van der Waals surface area contributed by atoms with E-state index in [0.29, 0.717) is 46.7 Å². The van der Waals surface area contributed by atoms with Gasteiger partial charge in [0, 0.05) is 30.7 Å². The van der Waals surface area contributed by atoms with Crippen molar-refractivity contribution in [3.8, 4) is 17.6 Å². The van der Waals surface area contributed by atoms with Crippen LogP contribution in [0, 0.1) is 11.3 Å². The molecule has 0 spiro atoms. The van der Waals surface area contributed by atoms with E-state index in [4.69, 9.17) is 15.2 Å². The number of ether oxygens (including phenoxy) is 2. The van der Waals surface area contributed by atoms with Crippen molar-refractivity contribution in [2.24, 2.45) is 5.73 Å². The fourth-order valence-corrected chi connectivity index (χ4v) is 2.68. The number of benzene rings is 1. The number of primary amides is 1. The molecular weight excluding hydrogens is 310 g/mol. The van der Waals surface area contributed by atoms with E-state index in [2.05, 4.69) is 21.7 Å². The standard InChI is InChI=1S/C16H17N5O3/c1-23-10-3-11-13(21-16(15(18)22)7-19-8-16)9(5-17)6-20-14(11)12(4-10)24-2/h3-4,6,19H,7-8H2,1-2H3,(H2,18,22)(H,20,21). The Kier molecular flexibility index (Phi) is 3.87. The largest absolute Gasteiger partial charge is 0.497 e. The molecule has 2 aromatic rings. The van der Waals surface area contributed by atoms with Gasteiger partial charge in [-0.25, -0.2) is 0 Å². The van der Waals surface area contributed by atoms with Crippen molar-refractivity contribution in [3.05, 3.63) is 23.9 Å². The molecule has 124 valence electrons. The maximum absolute atomic E-state index is 11.9. The van der Waals surface area contributed by atoms with Crippen LogP contribution < -0.4 is 25.8 Å². The number of rotatable bonds is 5. The Labute approximate surface area is 138 Å². The average molecular weight is 327 g/mol. The molecule has 1 fully saturated rings. The van der Waals surface area contributed by atoms with E-state index in [1.54, 1.807) is 12.1 Å². The van der Waals surface area contributed by atoms with Crippen molar-refractivity contribution in [2.45, 2.75) is 5.54 Å². The highest BCUT2D eigenvalue weighted by Gasteiger charge is 2.43. The number of fused-ring (bicyclic) bond motifs is 1. The van der Waals surface area contributed by atoms with Crippen molar-refractivity contribution in [1.82, 2.24) is 10.3 Å². The first kappa shape index (κ1) is 15.8. The van der Waals surface area contributed by atoms with E-state index >= 15 is 0 Å². The van der Waals surface area contributed by atoms with Crippen molar-refractivity contribution in [3.63, 3.8) is 0 Å². The average Bonchev–Trinajstić information content (AvgIpc) is 2.56. The molecule has 4 N–H and O–H groups in total. The molecule has 3 rings (SSSR count). The minimum Gasteiger partial charge on any atom is -0.497 e. The van der Waals surface area contributed by atoms with Gasteiger partial charge in [-0.1, -0.05) is 0 Å². The topological polar surface area (TPSA) is 122 Å². The monoisotopic (exact) mass is 327 g/mol. The molecule has 8 heteroatoms. The number of nitrogens with two attached hydrogens (primary N) is 1. The molecule has 1 aromatic heterocycles. The predicted molar refractivity (Wildman–Crippen MR) is 88.0 cm³/mol. The molecule has 0 radical (unpaired) electrons. The molecule has 2 heterocycles. The van der Waals surface area contributed by atoms with Crippen molar-refractivity contribution in [2.75, 3.05) is 32.6 Å². The highest BCUT2D eigenvalue weighted by molar-refractivity contribution is 6.01. The SMILES string of the molecule is COc1cc(OC)c2ncc(C#N)c(NC3(C(N)=O)CNC3)c2c1. The Morgan fingerprint density at radius 2 is 2.17 bits per heavy atom. The van der Waals surface area contributed by atoms with Gasteiger partial charge in [0.05, 0.1) is 25.5 Å². The smallest absolute Gasteiger partial charge is 0.245 e. The van der Waals surface area contributed by atoms with Gasteiger partial charge in [0.1, 0.15) is 28.6 Å². The second-order valence-electron chi connectivity index (χ2n) is 5.56. The second-order valence-corrected chi connectivity index (χ2v) is 5.56. The number of aromatic nitrogens is 1. The van der Waals surface area contributed by atoms with Crippen LogP contribution in [0.4, 0.5) is 5.69 Å². The van der Waals surface area contributed by atoms with Gasteiger partial charge in [-0.05, 0) is 6.07 Å². The summed E-state index contributed by atoms with van der Waals surface area (Å²) >= 11 is 0. The van der Waals surface area contributed by atoms with Gasteiger partial charge in [0.25, 0.3) is 0 Å². The first-order valence-corrected chi connectivity index (χ1v) is 7.28. The molecule has 0 atom stereocenters. The molecule has 24 heavy (non-hydrogen) atoms. The van der Waals surface area contributed by atoms with Crippen molar-refractivity contribution < 1.29 is 14.3 Å². The lowest BCUT2D eigenvalue weighted by Crippen LogP contribution is -2.70. The zero-order chi connectivity index (χ0) is 17.3. The summed E-state index contributed by atoms with van der Waals surface area (Å²) in [5.74, 6) is 0.584. The number of carbonyl (C=O) groups is 1. The summed E-state index contributed by atoms with van der Waals surface area (Å²) in [5.41, 5.74) is 5.96. The normalized spacial score (nSPS) is 15.2. The highest BCUT2D eigenvalue weighted by Crippen LogP contribution is 2.37. The van der Waals surface area contributed by atoms with E-state index in [1.807, 2.05) is 0 Å². The molecule has 1 saturated heterocycles. The number of methoxy groups -OCH3 is 2. The van der Waals surface area contributed by atoms with Crippen LogP contribution in [0.2, 0.25) is 0 Å². The molecule has 1 aliphatic heterocycles. The van der Waals surface area contributed by atoms with E-state index in [0.717, 1.165) is 0 Å². The maximum Gasteiger partial charge on any atom is 0.245 e. The number of nitriles is 1. The summed E-state index contributed by atoms with van der Waals surface area (Å²) in [6.45, 7) is 0.774. The molecule has 0 unspecified atom stereocenters. The fraction of sp³-hybridized carbons (Fsp3) is 0.312. The number of nitrogens with zero attached hydrogens (tertiary/aromatic N) is 2. The predicted octanol–water partition coefficient (Wildman–Crippen LogP) is 0.363. The Balaban J connectivity index is 2.24. The van der Waals surface area contributed by atoms with Gasteiger partial charge in [-0.15, -0.1) is 0 Å². The van der Waals surface area contributed by atoms with Gasteiger partial charge in [0.15, 0.2) is 0 Å². The fourth-order valence-electron chi connectivity index (χ4n) is 2.68. The molecular formula is C16H17N5O3. The summed E-state index contributed by atoms with van der Waals surface area (Å²) in [4.78, 5) is 16.2. The quantitative estimate of drug-likeness (QED) is 0.725. The molecule has 1 amide bonds. The molecule has 8 nitrogen and oxygen atoms in total. The molecule has 0 aliphatic carbocycles. The number of pyridine rings is 1. The third kappa shape index (κ3) is 2.35. The van der Waals surface area contributed by atoms with Crippen LogP contribution in [-0.2, 0) is 4.79 Å². The Hall–Kier alpha value is -3.05. The van der Waals surface area contributed by atoms with Crippen LogP contribution >= 0.6 is 0 Å². The van der Waals surface area contributed by atoms with Crippen LogP contribution in [0.25, 0.3) is 10.9 Å². The third-order valence-electron chi connectivity index (χ3n) is 4.18. The first-order valence-electron chi connectivity index (χ1n) is 7.28. The number of hydrogen-bond donors (Lipinski definition) is 3. The van der Waals surface area contributed by atoms with E-state index < -0.39 is 11.4 Å². The van der Waals surface area contributed by atoms with Gasteiger partial charge in [-0.3, -0.25) is 9.78 Å². The lowest BCUT2D eigenvalue weighted by atomic mass is 9.90. The van der Waals surface area contributed by atoms with Crippen LogP contribution in [-0.4, -0.2) is 43.7 Å². The third-order valence-corrected chi connectivity index (χ3v) is 4.18. The van der Waals surface area contributed by atoms with E-state index in [1.165, 1.54) is 20.4 Å². The van der Waals surface area contributed by atoms with Gasteiger partial charge in [0.2, 0.25) is 5.91 Å². The minimum absolute atomic E-state index is 0.310. The van der Waals surface area contributed by atoms with E-state index in [-0.39, 0.29) is 0 Å². The van der Waals surface area contributed by atoms with Crippen LogP contribution in [0.3, 0.4) is 0 Å². The van der Waals surface area contributed by atoms with E-state index in [9.17, 15) is 10.1 Å². The number of hydrogen-bond acceptors (Lipinski definition) is 7. The number of carbonyl (C=O) groups excluding carboxylic acids is 1. The zero-order valence-corrected chi connectivity index (χ0v) is 13.3. The summed E-state index contributed by atoms with van der Waals surface area (Å²) in [5, 5.41) is 16.2. The Morgan fingerprint density at radius 1 is 1.42 bits per heavy atom.